The Bertz CT molecular complexity index is 1100. The summed E-state index contributed by atoms with van der Waals surface area (Å²) < 4.78 is 16.8. The number of benzene rings is 2. The van der Waals surface area contributed by atoms with Gasteiger partial charge in [0.2, 0.25) is 5.91 Å². The lowest BCUT2D eigenvalue weighted by atomic mass is 9.76. The molecule has 0 aromatic heterocycles. The van der Waals surface area contributed by atoms with Crippen LogP contribution in [-0.4, -0.2) is 55.9 Å². The van der Waals surface area contributed by atoms with Gasteiger partial charge < -0.3 is 24.6 Å². The molecule has 2 aromatic carbocycles. The average Bonchev–Trinajstić information content (AvgIpc) is 3.41. The SMILES string of the molecule is COCCOCC(CC1(C(=O)NC2CCC(C(=O)O)CC2)CCCC1)C(=O)Oc1cccc2ccccc12. The molecule has 2 aromatic rings. The minimum atomic E-state index is -0.761. The van der Waals surface area contributed by atoms with Crippen molar-refractivity contribution in [3.8, 4) is 5.75 Å². The Balaban J connectivity index is 1.48. The van der Waals surface area contributed by atoms with Crippen LogP contribution in [0.5, 0.6) is 5.75 Å². The third kappa shape index (κ3) is 6.91. The van der Waals surface area contributed by atoms with Crippen LogP contribution in [0.2, 0.25) is 0 Å². The topological polar surface area (TPSA) is 111 Å². The fourth-order valence-corrected chi connectivity index (χ4v) is 5.93. The summed E-state index contributed by atoms with van der Waals surface area (Å²) >= 11 is 0. The van der Waals surface area contributed by atoms with Crippen LogP contribution >= 0.6 is 0 Å². The number of carbonyl (C=O) groups excluding carboxylic acids is 2. The average molecular weight is 526 g/mol. The molecule has 0 aliphatic heterocycles. The van der Waals surface area contributed by atoms with Crippen LogP contribution in [0.3, 0.4) is 0 Å². The van der Waals surface area contributed by atoms with Crippen molar-refractivity contribution in [2.75, 3.05) is 26.9 Å². The lowest BCUT2D eigenvalue weighted by molar-refractivity contribution is -0.144. The minimum absolute atomic E-state index is 0.0328. The van der Waals surface area contributed by atoms with Crippen LogP contribution in [0.1, 0.15) is 57.8 Å². The second-order valence-corrected chi connectivity index (χ2v) is 10.7. The molecule has 0 saturated heterocycles. The number of esters is 1. The normalized spacial score (nSPS) is 21.6. The molecule has 2 saturated carbocycles. The maximum absolute atomic E-state index is 13.7. The van der Waals surface area contributed by atoms with Gasteiger partial charge >= 0.3 is 11.9 Å². The van der Waals surface area contributed by atoms with E-state index in [9.17, 15) is 19.5 Å². The van der Waals surface area contributed by atoms with E-state index in [1.54, 1.807) is 13.2 Å². The zero-order valence-electron chi connectivity index (χ0n) is 22.2. The number of rotatable bonds is 12. The summed E-state index contributed by atoms with van der Waals surface area (Å²) in [6.45, 7) is 0.905. The largest absolute Gasteiger partial charge is 0.481 e. The summed E-state index contributed by atoms with van der Waals surface area (Å²) in [4.78, 5) is 38.5. The Morgan fingerprint density at radius 1 is 1.00 bits per heavy atom. The van der Waals surface area contributed by atoms with Gasteiger partial charge in [-0.1, -0.05) is 49.2 Å². The number of nitrogens with one attached hydrogen (secondary N) is 1. The maximum atomic E-state index is 13.7. The van der Waals surface area contributed by atoms with Crippen LogP contribution in [0.4, 0.5) is 0 Å². The Hall–Kier alpha value is -2.97. The lowest BCUT2D eigenvalue weighted by Gasteiger charge is -2.34. The number of ether oxygens (including phenoxy) is 3. The first kappa shape index (κ1) is 28.0. The first-order valence-electron chi connectivity index (χ1n) is 13.7. The number of carboxylic acid groups (broad SMARTS) is 1. The van der Waals surface area contributed by atoms with E-state index in [0.29, 0.717) is 63.9 Å². The molecule has 38 heavy (non-hydrogen) atoms. The molecule has 2 aliphatic rings. The fourth-order valence-electron chi connectivity index (χ4n) is 5.93. The van der Waals surface area contributed by atoms with Crippen LogP contribution < -0.4 is 10.1 Å². The van der Waals surface area contributed by atoms with E-state index < -0.39 is 23.3 Å². The van der Waals surface area contributed by atoms with Gasteiger partial charge in [-0.3, -0.25) is 14.4 Å². The van der Waals surface area contributed by atoms with Crippen molar-refractivity contribution in [1.29, 1.82) is 0 Å². The Morgan fingerprint density at radius 2 is 1.71 bits per heavy atom. The summed E-state index contributed by atoms with van der Waals surface area (Å²) in [7, 11) is 1.59. The number of fused-ring (bicyclic) bond motifs is 1. The molecule has 8 heteroatoms. The van der Waals surface area contributed by atoms with Gasteiger partial charge in [0.1, 0.15) is 5.75 Å². The highest BCUT2D eigenvalue weighted by Gasteiger charge is 2.45. The summed E-state index contributed by atoms with van der Waals surface area (Å²) in [5, 5.41) is 14.3. The second-order valence-electron chi connectivity index (χ2n) is 10.7. The molecule has 2 fully saturated rings. The number of hydrogen-bond acceptors (Lipinski definition) is 6. The highest BCUT2D eigenvalue weighted by Crippen LogP contribution is 2.44. The minimum Gasteiger partial charge on any atom is -0.481 e. The lowest BCUT2D eigenvalue weighted by Crippen LogP contribution is -2.47. The highest BCUT2D eigenvalue weighted by atomic mass is 16.5. The first-order valence-corrected chi connectivity index (χ1v) is 13.7. The molecule has 0 radical (unpaired) electrons. The Labute approximate surface area is 224 Å². The van der Waals surface area contributed by atoms with Crippen molar-refractivity contribution < 1.29 is 33.7 Å². The van der Waals surface area contributed by atoms with Crippen molar-refractivity contribution in [3.05, 3.63) is 42.5 Å². The number of carboxylic acids is 1. The predicted octanol–water partition coefficient (Wildman–Crippen LogP) is 4.73. The van der Waals surface area contributed by atoms with Crippen molar-refractivity contribution in [2.24, 2.45) is 17.3 Å². The summed E-state index contributed by atoms with van der Waals surface area (Å²) in [5.74, 6) is -1.65. The predicted molar refractivity (Wildman–Crippen MR) is 143 cm³/mol. The highest BCUT2D eigenvalue weighted by molar-refractivity contribution is 5.91. The van der Waals surface area contributed by atoms with Crippen LogP contribution in [0.25, 0.3) is 10.8 Å². The van der Waals surface area contributed by atoms with E-state index in [1.165, 1.54) is 0 Å². The van der Waals surface area contributed by atoms with Gasteiger partial charge in [0.25, 0.3) is 0 Å². The monoisotopic (exact) mass is 525 g/mol. The number of methoxy groups -OCH3 is 1. The zero-order valence-corrected chi connectivity index (χ0v) is 22.2. The molecule has 1 unspecified atom stereocenters. The molecule has 1 amide bonds. The Kier molecular flexibility index (Phi) is 9.74. The van der Waals surface area contributed by atoms with Gasteiger partial charge in [-0.2, -0.15) is 0 Å². The third-order valence-corrected chi connectivity index (χ3v) is 8.14. The smallest absolute Gasteiger partial charge is 0.316 e. The van der Waals surface area contributed by atoms with Gasteiger partial charge in [0, 0.05) is 18.5 Å². The molecule has 0 heterocycles. The molecule has 0 spiro atoms. The molecule has 4 rings (SSSR count). The van der Waals surface area contributed by atoms with Gasteiger partial charge in [-0.25, -0.2) is 0 Å². The van der Waals surface area contributed by atoms with Gasteiger partial charge in [-0.05, 0) is 56.4 Å². The van der Waals surface area contributed by atoms with Crippen LogP contribution in [-0.2, 0) is 23.9 Å². The quantitative estimate of drug-likeness (QED) is 0.234. The summed E-state index contributed by atoms with van der Waals surface area (Å²) in [6, 6.07) is 13.3. The number of amides is 1. The van der Waals surface area contributed by atoms with Gasteiger partial charge in [0.15, 0.2) is 0 Å². The van der Waals surface area contributed by atoms with E-state index in [0.717, 1.165) is 23.6 Å². The van der Waals surface area contributed by atoms with E-state index in [-0.39, 0.29) is 24.5 Å². The zero-order chi connectivity index (χ0) is 27.0. The summed E-state index contributed by atoms with van der Waals surface area (Å²) in [5.41, 5.74) is -0.670. The molecule has 8 nitrogen and oxygen atoms in total. The fraction of sp³-hybridized carbons (Fsp3) is 0.567. The van der Waals surface area contributed by atoms with Crippen LogP contribution in [0, 0.1) is 17.3 Å². The first-order chi connectivity index (χ1) is 18.4. The second kappa shape index (κ2) is 13.2. The van der Waals surface area contributed by atoms with Gasteiger partial charge in [0.05, 0.1) is 37.1 Å². The molecular weight excluding hydrogens is 486 g/mol. The van der Waals surface area contributed by atoms with E-state index in [1.807, 2.05) is 36.4 Å². The number of carbonyl (C=O) groups is 3. The molecule has 206 valence electrons. The van der Waals surface area contributed by atoms with Crippen molar-refractivity contribution in [3.63, 3.8) is 0 Å². The molecule has 2 aliphatic carbocycles. The third-order valence-electron chi connectivity index (χ3n) is 8.14. The number of hydrogen-bond donors (Lipinski definition) is 2. The molecule has 1 atom stereocenters. The van der Waals surface area contributed by atoms with E-state index >= 15 is 0 Å². The van der Waals surface area contributed by atoms with Crippen molar-refractivity contribution in [2.45, 2.75) is 63.8 Å². The van der Waals surface area contributed by atoms with Crippen molar-refractivity contribution in [1.82, 2.24) is 5.32 Å². The van der Waals surface area contributed by atoms with E-state index in [2.05, 4.69) is 5.32 Å². The van der Waals surface area contributed by atoms with E-state index in [4.69, 9.17) is 14.2 Å². The van der Waals surface area contributed by atoms with Crippen LogP contribution in [0.15, 0.2) is 42.5 Å². The molecule has 2 N–H and O–H groups in total. The Morgan fingerprint density at radius 3 is 2.42 bits per heavy atom. The molecule has 0 bridgehead atoms. The standard InChI is InChI=1S/C30H39NO7/c1-36-17-18-37-20-23(28(34)38-26-10-6-8-21-7-2-3-9-25(21)26)19-30(15-4-5-16-30)29(35)31-24-13-11-22(12-14-24)27(32)33/h2-3,6-10,22-24H,4-5,11-20H2,1H3,(H,31,35)(H,32,33). The summed E-state index contributed by atoms with van der Waals surface area (Å²) in [6.07, 6.45) is 6.07. The maximum Gasteiger partial charge on any atom is 0.316 e. The number of aliphatic carboxylic acids is 1. The van der Waals surface area contributed by atoms with Crippen molar-refractivity contribution >= 4 is 28.6 Å². The molecular formula is C30H39NO7. The van der Waals surface area contributed by atoms with Gasteiger partial charge in [-0.15, -0.1) is 0 Å².